The lowest BCUT2D eigenvalue weighted by Gasteiger charge is -2.37. The number of hydrogen-bond donors (Lipinski definition) is 9. The monoisotopic (exact) mass is 996 g/mol. The smallest absolute Gasteiger partial charge is 0.326 e. The number of anilines is 1. The SMILES string of the molecule is O=C(O)CN1CCN(CC(=O)O)CCN(CC(=O)O)C(Cc2ccc(NC(=S)NCC(=O)C[C@@H](Cc3ccc(O)cc3)C(=O)N[C@@H](CCCCN3C(=O)C=CC3=O)C(=O)O)cc2)CN(CC(=O)O)CC1. The van der Waals surface area contributed by atoms with Crippen LogP contribution < -0.4 is 16.0 Å². The number of ketones is 1. The molecule has 0 bridgehead atoms. The summed E-state index contributed by atoms with van der Waals surface area (Å²) in [5, 5.41) is 66.8. The molecular formula is C46H60N8O15S. The van der Waals surface area contributed by atoms with E-state index in [-0.39, 0.29) is 115 Å². The molecule has 1 fully saturated rings. The summed E-state index contributed by atoms with van der Waals surface area (Å²) < 4.78 is 0. The van der Waals surface area contributed by atoms with Gasteiger partial charge in [-0.3, -0.25) is 62.9 Å². The van der Waals surface area contributed by atoms with Gasteiger partial charge in [-0.05, 0) is 79.7 Å². The summed E-state index contributed by atoms with van der Waals surface area (Å²) >= 11 is 5.45. The van der Waals surface area contributed by atoms with Crippen LogP contribution in [0.1, 0.15) is 36.8 Å². The Kier molecular flexibility index (Phi) is 22.3. The second-order valence-electron chi connectivity index (χ2n) is 17.1. The third-order valence-corrected chi connectivity index (χ3v) is 11.8. The summed E-state index contributed by atoms with van der Waals surface area (Å²) in [6.45, 7) is -0.748. The zero-order chi connectivity index (χ0) is 51.3. The number of Topliss-reactive ketones (excluding diaryl/α,β-unsaturated/α-hetero) is 1. The summed E-state index contributed by atoms with van der Waals surface area (Å²) in [6.07, 6.45) is 2.83. The van der Waals surface area contributed by atoms with Crippen LogP contribution in [0.4, 0.5) is 5.69 Å². The topological polar surface area (TPSA) is 327 Å². The van der Waals surface area contributed by atoms with Gasteiger partial charge in [0.25, 0.3) is 11.8 Å². The molecule has 1 saturated heterocycles. The fourth-order valence-electron chi connectivity index (χ4n) is 8.04. The highest BCUT2D eigenvalue weighted by Crippen LogP contribution is 2.19. The standard InChI is InChI=1S/C46H60N8O15S/c55-35-10-6-30(7-11-35)21-32(44(67)49-37(45(68)69)3-1-2-14-54-38(57)12-13-39(54)58)23-36(56)24-47-46(70)48-33-8-4-31(5-9-33)22-34-25-52(28-42(63)64)18-17-50(26-40(59)60)15-16-51(27-41(61)62)19-20-53(34)29-43(65)66/h4-13,32,34,37,55H,1-3,14-29H2,(H,49,67)(H,59,60)(H,61,62)(H,63,64)(H,65,66)(H,68,69)(H2,47,48,70)/t32-,34?,37+/m1/s1. The Morgan fingerprint density at radius 2 is 1.20 bits per heavy atom. The molecule has 2 aromatic rings. The van der Waals surface area contributed by atoms with Crippen LogP contribution in [0.15, 0.2) is 60.7 Å². The number of amides is 3. The minimum absolute atomic E-state index is 0.00615. The first kappa shape index (κ1) is 55.7. The second-order valence-corrected chi connectivity index (χ2v) is 17.5. The van der Waals surface area contributed by atoms with Crippen molar-refractivity contribution in [3.05, 3.63) is 71.8 Å². The molecular weight excluding hydrogens is 937 g/mol. The Balaban J connectivity index is 1.40. The van der Waals surface area contributed by atoms with Crippen LogP contribution in [0.25, 0.3) is 0 Å². The van der Waals surface area contributed by atoms with Crippen LogP contribution in [0.2, 0.25) is 0 Å². The Morgan fingerprint density at radius 3 is 1.76 bits per heavy atom. The highest BCUT2D eigenvalue weighted by Gasteiger charge is 2.30. The van der Waals surface area contributed by atoms with E-state index in [4.69, 9.17) is 12.2 Å². The summed E-state index contributed by atoms with van der Waals surface area (Å²) in [5.41, 5.74) is 1.84. The predicted molar refractivity (Wildman–Crippen MR) is 254 cm³/mol. The molecule has 0 aromatic heterocycles. The van der Waals surface area contributed by atoms with Crippen molar-refractivity contribution in [3.63, 3.8) is 0 Å². The lowest BCUT2D eigenvalue weighted by molar-refractivity contribution is -0.143. The number of carbonyl (C=O) groups excluding carboxylic acids is 4. The number of carboxylic acids is 5. The molecule has 3 amide bonds. The highest BCUT2D eigenvalue weighted by molar-refractivity contribution is 7.80. The van der Waals surface area contributed by atoms with E-state index in [1.54, 1.807) is 56.0 Å². The van der Waals surface area contributed by atoms with Gasteiger partial charge in [-0.15, -0.1) is 0 Å². The number of nitrogens with zero attached hydrogens (tertiary/aromatic N) is 5. The quantitative estimate of drug-likeness (QED) is 0.0348. The van der Waals surface area contributed by atoms with E-state index in [2.05, 4.69) is 16.0 Å². The highest BCUT2D eigenvalue weighted by atomic mass is 32.1. The average molecular weight is 997 g/mol. The Labute approximate surface area is 408 Å². The van der Waals surface area contributed by atoms with Crippen LogP contribution in [0, 0.1) is 5.92 Å². The predicted octanol–water partition coefficient (Wildman–Crippen LogP) is -0.367. The second kappa shape index (κ2) is 28.0. The Morgan fingerprint density at radius 1 is 0.671 bits per heavy atom. The van der Waals surface area contributed by atoms with Crippen molar-refractivity contribution in [3.8, 4) is 5.75 Å². The molecule has 0 saturated carbocycles. The maximum Gasteiger partial charge on any atom is 0.326 e. The molecule has 24 heteroatoms. The third kappa shape index (κ3) is 20.0. The number of aliphatic carboxylic acids is 5. The van der Waals surface area contributed by atoms with Gasteiger partial charge in [0, 0.05) is 88.6 Å². The van der Waals surface area contributed by atoms with Crippen LogP contribution >= 0.6 is 12.2 Å². The van der Waals surface area contributed by atoms with Crippen molar-refractivity contribution < 1.29 is 73.8 Å². The number of phenols is 1. The average Bonchev–Trinajstić information content (AvgIpc) is 3.60. The van der Waals surface area contributed by atoms with Crippen molar-refractivity contribution in [2.45, 2.75) is 50.6 Å². The van der Waals surface area contributed by atoms with E-state index in [1.807, 2.05) is 0 Å². The number of unbranched alkanes of at least 4 members (excludes halogenated alkanes) is 1. The number of nitrogens with one attached hydrogen (secondary N) is 3. The van der Waals surface area contributed by atoms with E-state index in [0.717, 1.165) is 22.6 Å². The van der Waals surface area contributed by atoms with E-state index in [1.165, 1.54) is 12.1 Å². The molecule has 4 rings (SSSR count). The molecule has 380 valence electrons. The summed E-state index contributed by atoms with van der Waals surface area (Å²) in [5.74, 6) is -8.86. The summed E-state index contributed by atoms with van der Waals surface area (Å²) in [4.78, 5) is 118. The molecule has 2 aromatic carbocycles. The summed E-state index contributed by atoms with van der Waals surface area (Å²) in [6, 6.07) is 11.0. The van der Waals surface area contributed by atoms with Gasteiger partial charge in [-0.2, -0.15) is 0 Å². The fourth-order valence-corrected chi connectivity index (χ4v) is 8.23. The number of benzene rings is 2. The zero-order valence-corrected chi connectivity index (χ0v) is 39.3. The maximum absolute atomic E-state index is 13.6. The lowest BCUT2D eigenvalue weighted by Crippen LogP contribution is -2.53. The molecule has 2 heterocycles. The van der Waals surface area contributed by atoms with Gasteiger partial charge in [-0.25, -0.2) is 4.79 Å². The molecule has 0 radical (unpaired) electrons. The van der Waals surface area contributed by atoms with Crippen LogP contribution in [-0.2, 0) is 56.0 Å². The van der Waals surface area contributed by atoms with Crippen LogP contribution in [0.5, 0.6) is 5.75 Å². The number of carbonyl (C=O) groups is 9. The first-order valence-electron chi connectivity index (χ1n) is 22.5. The van der Waals surface area contributed by atoms with E-state index in [9.17, 15) is 73.8 Å². The van der Waals surface area contributed by atoms with E-state index >= 15 is 0 Å². The number of carboxylic acid groups (broad SMARTS) is 5. The van der Waals surface area contributed by atoms with Crippen molar-refractivity contribution >= 4 is 76.4 Å². The normalized spacial score (nSPS) is 17.4. The Hall–Kier alpha value is -6.86. The van der Waals surface area contributed by atoms with Crippen molar-refractivity contribution in [1.82, 2.24) is 35.1 Å². The largest absolute Gasteiger partial charge is 0.508 e. The lowest BCUT2D eigenvalue weighted by atomic mass is 9.92. The molecule has 23 nitrogen and oxygen atoms in total. The van der Waals surface area contributed by atoms with Crippen molar-refractivity contribution in [1.29, 1.82) is 0 Å². The fraction of sp³-hybridized carbons (Fsp3) is 0.478. The number of aromatic hydroxyl groups is 1. The molecule has 1 unspecified atom stereocenters. The molecule has 3 atom stereocenters. The number of thiocarbonyl (C=S) groups is 1. The zero-order valence-electron chi connectivity index (χ0n) is 38.4. The first-order chi connectivity index (χ1) is 33.2. The van der Waals surface area contributed by atoms with Gasteiger partial charge < -0.3 is 46.6 Å². The first-order valence-corrected chi connectivity index (χ1v) is 22.9. The summed E-state index contributed by atoms with van der Waals surface area (Å²) in [7, 11) is 0. The minimum atomic E-state index is -1.32. The van der Waals surface area contributed by atoms with Gasteiger partial charge in [0.1, 0.15) is 11.8 Å². The number of phenolic OH excluding ortho intramolecular Hbond substituents is 1. The van der Waals surface area contributed by atoms with Crippen molar-refractivity contribution in [2.24, 2.45) is 5.92 Å². The van der Waals surface area contributed by atoms with Gasteiger partial charge >= 0.3 is 29.8 Å². The maximum atomic E-state index is 13.6. The molecule has 2 aliphatic heterocycles. The molecule has 9 N–H and O–H groups in total. The van der Waals surface area contributed by atoms with Crippen molar-refractivity contribution in [2.75, 3.05) is 90.4 Å². The van der Waals surface area contributed by atoms with E-state index < -0.39 is 84.4 Å². The number of hydrogen-bond acceptors (Lipinski definition) is 15. The van der Waals surface area contributed by atoms with Gasteiger partial charge in [0.15, 0.2) is 10.9 Å². The van der Waals surface area contributed by atoms with Crippen LogP contribution in [-0.4, -0.2) is 211 Å². The minimum Gasteiger partial charge on any atom is -0.508 e. The molecule has 70 heavy (non-hydrogen) atoms. The van der Waals surface area contributed by atoms with Gasteiger partial charge in [0.05, 0.1) is 32.7 Å². The molecule has 2 aliphatic rings. The Bertz CT molecular complexity index is 2210. The van der Waals surface area contributed by atoms with Gasteiger partial charge in [0.2, 0.25) is 5.91 Å². The van der Waals surface area contributed by atoms with Crippen LogP contribution in [0.3, 0.4) is 0 Å². The molecule has 0 aliphatic carbocycles. The third-order valence-electron chi connectivity index (χ3n) is 11.6. The number of imide groups is 1. The van der Waals surface area contributed by atoms with E-state index in [0.29, 0.717) is 17.7 Å². The number of rotatable bonds is 25. The van der Waals surface area contributed by atoms with Gasteiger partial charge in [-0.1, -0.05) is 24.3 Å². The molecule has 0 spiro atoms.